The second kappa shape index (κ2) is 7.51. The lowest BCUT2D eigenvalue weighted by molar-refractivity contribution is -0.0278. The molecule has 1 aliphatic rings. The summed E-state index contributed by atoms with van der Waals surface area (Å²) in [5.74, 6) is 1.86. The Morgan fingerprint density at radius 3 is 2.76 bits per heavy atom. The van der Waals surface area contributed by atoms with Gasteiger partial charge in [-0.1, -0.05) is 17.3 Å². The molecule has 1 saturated heterocycles. The first-order chi connectivity index (χ1) is 12.0. The van der Waals surface area contributed by atoms with E-state index in [2.05, 4.69) is 15.0 Å². The van der Waals surface area contributed by atoms with Crippen LogP contribution in [0.15, 0.2) is 28.8 Å². The van der Waals surface area contributed by atoms with Crippen molar-refractivity contribution < 1.29 is 19.1 Å². The van der Waals surface area contributed by atoms with Gasteiger partial charge in [0, 0.05) is 13.2 Å². The lowest BCUT2D eigenvalue weighted by atomic mass is 9.86. The molecular weight excluding hydrogens is 322 g/mol. The summed E-state index contributed by atoms with van der Waals surface area (Å²) >= 11 is 0. The van der Waals surface area contributed by atoms with Crippen LogP contribution in [0.4, 0.5) is 0 Å². The summed E-state index contributed by atoms with van der Waals surface area (Å²) in [5, 5.41) is 15.1. The summed E-state index contributed by atoms with van der Waals surface area (Å²) in [6.07, 6.45) is 1.94. The molecular formula is C18H25N3O4. The van der Waals surface area contributed by atoms with E-state index in [1.54, 1.807) is 14.2 Å². The Bertz CT molecular complexity index is 684. The van der Waals surface area contributed by atoms with Gasteiger partial charge in [0.05, 0.1) is 13.7 Å². The smallest absolute Gasteiger partial charge is 0.240 e. The quantitative estimate of drug-likeness (QED) is 0.821. The average molecular weight is 347 g/mol. The summed E-state index contributed by atoms with van der Waals surface area (Å²) < 4.78 is 15.5. The largest absolute Gasteiger partial charge is 0.497 e. The molecule has 0 bridgehead atoms. The number of aliphatic hydroxyl groups is 1. The summed E-state index contributed by atoms with van der Waals surface area (Å²) in [6, 6.07) is 7.56. The van der Waals surface area contributed by atoms with Crippen molar-refractivity contribution in [2.45, 2.75) is 44.6 Å². The number of hydrogen-bond donors (Lipinski definition) is 1. The van der Waals surface area contributed by atoms with Crippen LogP contribution in [-0.2, 0) is 23.5 Å². The van der Waals surface area contributed by atoms with Crippen LogP contribution in [0, 0.1) is 0 Å². The minimum absolute atomic E-state index is 0.0151. The first-order valence-corrected chi connectivity index (χ1v) is 8.46. The van der Waals surface area contributed by atoms with Crippen LogP contribution in [-0.4, -0.2) is 47.0 Å². The third kappa shape index (κ3) is 3.84. The van der Waals surface area contributed by atoms with Gasteiger partial charge in [-0.3, -0.25) is 4.90 Å². The number of aromatic nitrogens is 2. The molecule has 25 heavy (non-hydrogen) atoms. The van der Waals surface area contributed by atoms with Gasteiger partial charge in [0.25, 0.3) is 0 Å². The van der Waals surface area contributed by atoms with E-state index in [9.17, 15) is 5.11 Å². The van der Waals surface area contributed by atoms with E-state index in [-0.39, 0.29) is 6.04 Å². The van der Waals surface area contributed by atoms with E-state index >= 15 is 0 Å². The SMILES string of the molecule is COCc1noc(CN2CCCC2C(C)(O)c2ccc(OC)cc2)n1. The highest BCUT2D eigenvalue weighted by molar-refractivity contribution is 5.31. The Morgan fingerprint density at radius 2 is 2.08 bits per heavy atom. The Morgan fingerprint density at radius 1 is 1.32 bits per heavy atom. The first kappa shape index (κ1) is 17.8. The molecule has 0 amide bonds. The van der Waals surface area contributed by atoms with Crippen molar-refractivity contribution in [1.82, 2.24) is 15.0 Å². The second-order valence-electron chi connectivity index (χ2n) is 6.54. The van der Waals surface area contributed by atoms with E-state index < -0.39 is 5.60 Å². The lowest BCUT2D eigenvalue weighted by Gasteiger charge is -2.36. The van der Waals surface area contributed by atoms with Gasteiger partial charge < -0.3 is 19.1 Å². The number of likely N-dealkylation sites (tertiary alicyclic amines) is 1. The number of nitrogens with zero attached hydrogens (tertiary/aromatic N) is 3. The molecule has 2 atom stereocenters. The maximum absolute atomic E-state index is 11.2. The van der Waals surface area contributed by atoms with Crippen molar-refractivity contribution in [1.29, 1.82) is 0 Å². The van der Waals surface area contributed by atoms with Crippen LogP contribution in [0.3, 0.4) is 0 Å². The van der Waals surface area contributed by atoms with Crippen molar-refractivity contribution in [2.75, 3.05) is 20.8 Å². The molecule has 2 heterocycles. The Labute approximate surface area is 147 Å². The van der Waals surface area contributed by atoms with Gasteiger partial charge in [0.15, 0.2) is 5.82 Å². The Hall–Kier alpha value is -1.96. The highest BCUT2D eigenvalue weighted by Gasteiger charge is 2.41. The minimum Gasteiger partial charge on any atom is -0.497 e. The Balaban J connectivity index is 1.74. The Kier molecular flexibility index (Phi) is 5.36. The molecule has 1 fully saturated rings. The van der Waals surface area contributed by atoms with Crippen molar-refractivity contribution in [3.8, 4) is 5.75 Å². The average Bonchev–Trinajstić information content (AvgIpc) is 3.25. The normalized spacial score (nSPS) is 20.6. The third-order valence-electron chi connectivity index (χ3n) is 4.81. The molecule has 1 aliphatic heterocycles. The molecule has 1 aromatic carbocycles. The fraction of sp³-hybridized carbons (Fsp3) is 0.556. The molecule has 7 heteroatoms. The molecule has 0 spiro atoms. The van der Waals surface area contributed by atoms with Crippen LogP contribution in [0.25, 0.3) is 0 Å². The van der Waals surface area contributed by atoms with Crippen molar-refractivity contribution in [3.05, 3.63) is 41.5 Å². The topological polar surface area (TPSA) is 80.9 Å². The van der Waals surface area contributed by atoms with Crippen LogP contribution in [0.5, 0.6) is 5.75 Å². The molecule has 0 aliphatic carbocycles. The number of rotatable bonds is 7. The summed E-state index contributed by atoms with van der Waals surface area (Å²) in [6.45, 7) is 3.60. The molecule has 0 radical (unpaired) electrons. The highest BCUT2D eigenvalue weighted by Crippen LogP contribution is 2.35. The van der Waals surface area contributed by atoms with Crippen LogP contribution < -0.4 is 4.74 Å². The van der Waals surface area contributed by atoms with Crippen molar-refractivity contribution in [3.63, 3.8) is 0 Å². The molecule has 3 rings (SSSR count). The summed E-state index contributed by atoms with van der Waals surface area (Å²) in [5.41, 5.74) is -0.103. The van der Waals surface area contributed by atoms with E-state index in [4.69, 9.17) is 14.0 Å². The molecule has 2 unspecified atom stereocenters. The third-order valence-corrected chi connectivity index (χ3v) is 4.81. The van der Waals surface area contributed by atoms with Gasteiger partial charge in [-0.15, -0.1) is 0 Å². The lowest BCUT2D eigenvalue weighted by Crippen LogP contribution is -2.45. The predicted molar refractivity (Wildman–Crippen MR) is 91.0 cm³/mol. The summed E-state index contributed by atoms with van der Waals surface area (Å²) in [4.78, 5) is 6.54. The number of benzene rings is 1. The van der Waals surface area contributed by atoms with Gasteiger partial charge in [-0.05, 0) is 44.0 Å². The minimum atomic E-state index is -0.974. The van der Waals surface area contributed by atoms with Crippen LogP contribution in [0.2, 0.25) is 0 Å². The van der Waals surface area contributed by atoms with Crippen LogP contribution in [0.1, 0.15) is 37.0 Å². The zero-order chi connectivity index (χ0) is 17.9. The second-order valence-corrected chi connectivity index (χ2v) is 6.54. The maximum atomic E-state index is 11.2. The number of ether oxygens (including phenoxy) is 2. The first-order valence-electron chi connectivity index (χ1n) is 8.46. The molecule has 136 valence electrons. The van der Waals surface area contributed by atoms with Crippen molar-refractivity contribution in [2.24, 2.45) is 0 Å². The van der Waals surface area contributed by atoms with Gasteiger partial charge >= 0.3 is 0 Å². The van der Waals surface area contributed by atoms with Crippen molar-refractivity contribution >= 4 is 0 Å². The zero-order valence-corrected chi connectivity index (χ0v) is 14.9. The van der Waals surface area contributed by atoms with Gasteiger partial charge in [-0.25, -0.2) is 0 Å². The molecule has 1 N–H and O–H groups in total. The zero-order valence-electron chi connectivity index (χ0n) is 14.9. The monoisotopic (exact) mass is 347 g/mol. The molecule has 7 nitrogen and oxygen atoms in total. The number of hydrogen-bond acceptors (Lipinski definition) is 7. The van der Waals surface area contributed by atoms with Gasteiger partial charge in [0.2, 0.25) is 5.89 Å². The highest BCUT2D eigenvalue weighted by atomic mass is 16.5. The van der Waals surface area contributed by atoms with Gasteiger partial charge in [0.1, 0.15) is 18.0 Å². The fourth-order valence-electron chi connectivity index (χ4n) is 3.49. The van der Waals surface area contributed by atoms with Crippen LogP contribution >= 0.6 is 0 Å². The molecule has 2 aromatic rings. The standard InChI is InChI=1S/C18H25N3O4/c1-18(22,13-6-8-14(24-3)9-7-13)15-5-4-10-21(15)11-17-19-16(12-23-2)20-25-17/h6-9,15,22H,4-5,10-12H2,1-3H3. The summed E-state index contributed by atoms with van der Waals surface area (Å²) in [7, 11) is 3.23. The van der Waals surface area contributed by atoms with Gasteiger partial charge in [-0.2, -0.15) is 4.98 Å². The fourth-order valence-corrected chi connectivity index (χ4v) is 3.49. The molecule has 0 saturated carbocycles. The van der Waals surface area contributed by atoms with E-state index in [1.165, 1.54) is 0 Å². The maximum Gasteiger partial charge on any atom is 0.240 e. The number of methoxy groups -OCH3 is 2. The van der Waals surface area contributed by atoms with E-state index in [0.29, 0.717) is 24.9 Å². The van der Waals surface area contributed by atoms with E-state index in [1.807, 2.05) is 31.2 Å². The predicted octanol–water partition coefficient (Wildman–Crippen LogP) is 2.10. The van der Waals surface area contributed by atoms with E-state index in [0.717, 1.165) is 30.7 Å². The molecule has 1 aromatic heterocycles.